The van der Waals surface area contributed by atoms with Crippen molar-refractivity contribution in [3.05, 3.63) is 0 Å². The van der Waals surface area contributed by atoms with Gasteiger partial charge in [0.1, 0.15) is 0 Å². The number of hydrogen-bond acceptors (Lipinski definition) is 3. The molecule has 2 N–H and O–H groups in total. The first-order chi connectivity index (χ1) is 9.24. The van der Waals surface area contributed by atoms with Crippen molar-refractivity contribution in [2.75, 3.05) is 39.8 Å². The Bertz CT molecular complexity index is 329. The van der Waals surface area contributed by atoms with Crippen LogP contribution < -0.4 is 10.6 Å². The molecule has 0 bridgehead atoms. The second-order valence-corrected chi connectivity index (χ2v) is 6.37. The summed E-state index contributed by atoms with van der Waals surface area (Å²) in [6.07, 6.45) is 4.85. The second kappa shape index (κ2) is 5.67. The van der Waals surface area contributed by atoms with Crippen molar-refractivity contribution in [3.63, 3.8) is 0 Å². The van der Waals surface area contributed by atoms with Crippen LogP contribution in [0.25, 0.3) is 0 Å². The zero-order valence-electron chi connectivity index (χ0n) is 11.9. The van der Waals surface area contributed by atoms with Gasteiger partial charge in [0.2, 0.25) is 0 Å². The van der Waals surface area contributed by atoms with Crippen LogP contribution in [0, 0.1) is 5.92 Å². The average Bonchev–Trinajstić information content (AvgIpc) is 2.82. The van der Waals surface area contributed by atoms with Gasteiger partial charge in [-0.3, -0.25) is 0 Å². The van der Waals surface area contributed by atoms with Crippen molar-refractivity contribution >= 4 is 6.03 Å². The summed E-state index contributed by atoms with van der Waals surface area (Å²) in [5.74, 6) is 0.629. The highest BCUT2D eigenvalue weighted by Gasteiger charge is 2.38. The monoisotopic (exact) mass is 266 g/mol. The summed E-state index contributed by atoms with van der Waals surface area (Å²) in [7, 11) is 2.19. The minimum atomic E-state index is 0.159. The van der Waals surface area contributed by atoms with Crippen molar-refractivity contribution in [2.45, 2.75) is 37.8 Å². The lowest BCUT2D eigenvalue weighted by molar-refractivity contribution is 0.167. The third-order valence-electron chi connectivity index (χ3n) is 4.90. The van der Waals surface area contributed by atoms with Crippen LogP contribution in [-0.4, -0.2) is 67.7 Å². The van der Waals surface area contributed by atoms with Crippen molar-refractivity contribution in [2.24, 2.45) is 5.92 Å². The smallest absolute Gasteiger partial charge is 0.318 e. The molecule has 3 fully saturated rings. The predicted molar refractivity (Wildman–Crippen MR) is 75.1 cm³/mol. The van der Waals surface area contributed by atoms with E-state index >= 15 is 0 Å². The minimum Gasteiger partial charge on any atom is -0.333 e. The van der Waals surface area contributed by atoms with E-state index in [1.54, 1.807) is 0 Å². The molecule has 2 amide bonds. The van der Waals surface area contributed by atoms with Crippen LogP contribution in [0.1, 0.15) is 25.7 Å². The van der Waals surface area contributed by atoms with Gasteiger partial charge in [-0.15, -0.1) is 0 Å². The summed E-state index contributed by atoms with van der Waals surface area (Å²) in [6.45, 7) is 5.30. The van der Waals surface area contributed by atoms with Crippen LogP contribution in [0.15, 0.2) is 0 Å². The molecule has 3 unspecified atom stereocenters. The molecule has 0 radical (unpaired) electrons. The second-order valence-electron chi connectivity index (χ2n) is 6.37. The van der Waals surface area contributed by atoms with Crippen LogP contribution in [0.4, 0.5) is 4.79 Å². The molecule has 3 aliphatic rings. The summed E-state index contributed by atoms with van der Waals surface area (Å²) in [5, 5.41) is 6.63. The minimum absolute atomic E-state index is 0.159. The molecule has 0 aliphatic carbocycles. The Hall–Kier alpha value is -0.810. The van der Waals surface area contributed by atoms with Crippen molar-refractivity contribution in [1.82, 2.24) is 20.4 Å². The standard InChI is InChI=1S/C14H26N4O/c1-17-7-3-4-11(9-17)13-10-18(14(19)16-13)12-5-2-6-15-8-12/h11-13,15H,2-10H2,1H3,(H,16,19). The molecule has 3 saturated heterocycles. The molecule has 0 aromatic heterocycles. The van der Waals surface area contributed by atoms with E-state index in [0.717, 1.165) is 32.6 Å². The molecule has 19 heavy (non-hydrogen) atoms. The maximum absolute atomic E-state index is 12.2. The van der Waals surface area contributed by atoms with Gasteiger partial charge in [0.05, 0.1) is 6.04 Å². The number of urea groups is 1. The fourth-order valence-electron chi connectivity index (χ4n) is 3.80. The lowest BCUT2D eigenvalue weighted by Gasteiger charge is -2.34. The Morgan fingerprint density at radius 1 is 1.21 bits per heavy atom. The zero-order valence-corrected chi connectivity index (χ0v) is 11.9. The van der Waals surface area contributed by atoms with E-state index in [1.807, 2.05) is 0 Å². The van der Waals surface area contributed by atoms with Crippen LogP contribution in [-0.2, 0) is 0 Å². The van der Waals surface area contributed by atoms with Crippen LogP contribution in [0.5, 0.6) is 0 Å². The van der Waals surface area contributed by atoms with Crippen LogP contribution in [0.2, 0.25) is 0 Å². The highest BCUT2D eigenvalue weighted by molar-refractivity contribution is 5.77. The van der Waals surface area contributed by atoms with Crippen molar-refractivity contribution < 1.29 is 4.79 Å². The fourth-order valence-corrected chi connectivity index (χ4v) is 3.80. The summed E-state index contributed by atoms with van der Waals surface area (Å²) in [4.78, 5) is 16.7. The number of piperidine rings is 2. The quantitative estimate of drug-likeness (QED) is 0.764. The number of amides is 2. The molecule has 0 aromatic carbocycles. The Balaban J connectivity index is 1.59. The SMILES string of the molecule is CN1CCCC(C2CN(C3CCCNC3)C(=O)N2)C1. The molecule has 3 aliphatic heterocycles. The first-order valence-corrected chi connectivity index (χ1v) is 7.70. The normalized spacial score (nSPS) is 37.4. The highest BCUT2D eigenvalue weighted by atomic mass is 16.2. The van der Waals surface area contributed by atoms with Gasteiger partial charge < -0.3 is 20.4 Å². The van der Waals surface area contributed by atoms with E-state index in [2.05, 4.69) is 27.5 Å². The molecule has 3 heterocycles. The van der Waals surface area contributed by atoms with Gasteiger partial charge in [-0.1, -0.05) is 0 Å². The molecule has 3 rings (SSSR count). The van der Waals surface area contributed by atoms with Crippen molar-refractivity contribution in [1.29, 1.82) is 0 Å². The van der Waals surface area contributed by atoms with E-state index < -0.39 is 0 Å². The molecule has 5 nitrogen and oxygen atoms in total. The number of nitrogens with zero attached hydrogens (tertiary/aromatic N) is 2. The van der Waals surface area contributed by atoms with E-state index in [1.165, 1.54) is 25.8 Å². The van der Waals surface area contributed by atoms with Gasteiger partial charge in [-0.05, 0) is 51.7 Å². The zero-order chi connectivity index (χ0) is 13.2. The van der Waals surface area contributed by atoms with E-state index in [9.17, 15) is 4.79 Å². The van der Waals surface area contributed by atoms with Gasteiger partial charge in [0, 0.05) is 25.7 Å². The summed E-state index contributed by atoms with van der Waals surface area (Å²) < 4.78 is 0. The average molecular weight is 266 g/mol. The van der Waals surface area contributed by atoms with Crippen LogP contribution in [0.3, 0.4) is 0 Å². The number of hydrogen-bond donors (Lipinski definition) is 2. The van der Waals surface area contributed by atoms with Gasteiger partial charge in [-0.2, -0.15) is 0 Å². The summed E-state index contributed by atoms with van der Waals surface area (Å²) >= 11 is 0. The fraction of sp³-hybridized carbons (Fsp3) is 0.929. The Labute approximate surface area is 115 Å². The summed E-state index contributed by atoms with van der Waals surface area (Å²) in [5.41, 5.74) is 0. The van der Waals surface area contributed by atoms with E-state index in [0.29, 0.717) is 18.0 Å². The first-order valence-electron chi connectivity index (χ1n) is 7.70. The molecular formula is C14H26N4O. The first kappa shape index (κ1) is 13.2. The Morgan fingerprint density at radius 3 is 2.84 bits per heavy atom. The lowest BCUT2D eigenvalue weighted by Crippen LogP contribution is -2.47. The lowest BCUT2D eigenvalue weighted by atomic mass is 9.91. The molecule has 0 spiro atoms. The Morgan fingerprint density at radius 2 is 2.11 bits per heavy atom. The molecule has 3 atom stereocenters. The number of rotatable bonds is 2. The van der Waals surface area contributed by atoms with Gasteiger partial charge >= 0.3 is 6.03 Å². The predicted octanol–water partition coefficient (Wildman–Crippen LogP) is 0.474. The van der Waals surface area contributed by atoms with E-state index in [-0.39, 0.29) is 6.03 Å². The largest absolute Gasteiger partial charge is 0.333 e. The molecular weight excluding hydrogens is 240 g/mol. The number of carbonyl (C=O) groups is 1. The maximum Gasteiger partial charge on any atom is 0.318 e. The van der Waals surface area contributed by atoms with Crippen LogP contribution >= 0.6 is 0 Å². The molecule has 0 aromatic rings. The third-order valence-corrected chi connectivity index (χ3v) is 4.90. The highest BCUT2D eigenvalue weighted by Crippen LogP contribution is 2.24. The third kappa shape index (κ3) is 2.87. The molecule has 108 valence electrons. The molecule has 0 saturated carbocycles. The van der Waals surface area contributed by atoms with Gasteiger partial charge in [-0.25, -0.2) is 4.79 Å². The number of likely N-dealkylation sites (tertiary alicyclic amines) is 1. The number of carbonyl (C=O) groups excluding carboxylic acids is 1. The molecule has 5 heteroatoms. The van der Waals surface area contributed by atoms with Gasteiger partial charge in [0.25, 0.3) is 0 Å². The Kier molecular flexibility index (Phi) is 3.93. The van der Waals surface area contributed by atoms with E-state index in [4.69, 9.17) is 0 Å². The summed E-state index contributed by atoms with van der Waals surface area (Å²) in [6, 6.07) is 0.921. The van der Waals surface area contributed by atoms with Gasteiger partial charge in [0.15, 0.2) is 0 Å². The number of nitrogens with one attached hydrogen (secondary N) is 2. The maximum atomic E-state index is 12.2. The topological polar surface area (TPSA) is 47.6 Å². The van der Waals surface area contributed by atoms with Crippen molar-refractivity contribution in [3.8, 4) is 0 Å².